The molecule has 1 aliphatic heterocycles. The highest BCUT2D eigenvalue weighted by Crippen LogP contribution is 2.28. The van der Waals surface area contributed by atoms with E-state index < -0.39 is 12.2 Å². The van der Waals surface area contributed by atoms with Crippen molar-refractivity contribution in [1.29, 1.82) is 0 Å². The average molecular weight is 338 g/mol. The van der Waals surface area contributed by atoms with Crippen molar-refractivity contribution < 1.29 is 13.2 Å². The Balaban J connectivity index is 2.04. The van der Waals surface area contributed by atoms with Gasteiger partial charge in [-0.25, -0.2) is 17.9 Å². The third-order valence-corrected chi connectivity index (χ3v) is 4.16. The van der Waals surface area contributed by atoms with Crippen molar-refractivity contribution >= 4 is 5.82 Å². The van der Waals surface area contributed by atoms with E-state index in [0.29, 0.717) is 5.69 Å². The molecular weight excluding hydrogens is 317 g/mol. The molecule has 0 spiro atoms. The van der Waals surface area contributed by atoms with E-state index in [2.05, 4.69) is 15.3 Å². The highest BCUT2D eigenvalue weighted by Gasteiger charge is 2.20. The Morgan fingerprint density at radius 3 is 2.42 bits per heavy atom. The quantitative estimate of drug-likeness (QED) is 0.926. The van der Waals surface area contributed by atoms with Crippen molar-refractivity contribution in [2.24, 2.45) is 0 Å². The maximum absolute atomic E-state index is 13.8. The largest absolute Gasteiger partial charge is 0.353 e. The van der Waals surface area contributed by atoms with Crippen LogP contribution in [0.15, 0.2) is 24.3 Å². The molecule has 1 aliphatic rings. The normalized spacial score (nSPS) is 15.5. The fourth-order valence-corrected chi connectivity index (χ4v) is 2.89. The number of nitrogens with zero attached hydrogens (tertiary/aromatic N) is 3. The summed E-state index contributed by atoms with van der Waals surface area (Å²) in [5.74, 6) is 0.243. The minimum Gasteiger partial charge on any atom is -0.353 e. The zero-order valence-corrected chi connectivity index (χ0v) is 13.8. The molecule has 0 amide bonds. The van der Waals surface area contributed by atoms with E-state index >= 15 is 0 Å². The first kappa shape index (κ1) is 16.8. The van der Waals surface area contributed by atoms with Gasteiger partial charge in [0.05, 0.1) is 5.69 Å². The van der Waals surface area contributed by atoms with E-state index in [0.717, 1.165) is 43.8 Å². The van der Waals surface area contributed by atoms with Gasteiger partial charge in [-0.2, -0.15) is 5.10 Å². The lowest BCUT2D eigenvalue weighted by molar-refractivity contribution is 0.151. The van der Waals surface area contributed by atoms with Crippen molar-refractivity contribution in [1.82, 2.24) is 15.1 Å². The van der Waals surface area contributed by atoms with Crippen LogP contribution in [0.3, 0.4) is 0 Å². The molecule has 0 saturated carbocycles. The first-order chi connectivity index (χ1) is 11.5. The molecule has 1 aromatic heterocycles. The summed E-state index contributed by atoms with van der Waals surface area (Å²) in [6.07, 6.45) is -2.72. The molecule has 1 aromatic carbocycles. The maximum Gasteiger partial charge on any atom is 0.264 e. The van der Waals surface area contributed by atoms with E-state index in [1.165, 1.54) is 12.1 Å². The predicted octanol–water partition coefficient (Wildman–Crippen LogP) is 3.48. The molecule has 3 rings (SSSR count). The van der Waals surface area contributed by atoms with Crippen molar-refractivity contribution in [2.75, 3.05) is 31.1 Å². The SMILES string of the molecule is CC(C)c1cc(N2CCNCC2)nn1-c1cc(F)cc(C(F)F)c1. The fraction of sp³-hybridized carbons (Fsp3) is 0.471. The Bertz CT molecular complexity index is 706. The average Bonchev–Trinajstić information content (AvgIpc) is 3.00. The van der Waals surface area contributed by atoms with Crippen LogP contribution in [0.4, 0.5) is 19.0 Å². The van der Waals surface area contributed by atoms with Crippen LogP contribution in [0.2, 0.25) is 0 Å². The molecule has 2 heterocycles. The standard InChI is InChI=1S/C17H21F3N4/c1-11(2)15-10-16(23-5-3-21-4-6-23)22-24(15)14-8-12(17(19)20)7-13(18)9-14/h7-11,17,21H,3-6H2,1-2H3. The van der Waals surface area contributed by atoms with E-state index in [-0.39, 0.29) is 11.5 Å². The zero-order valence-electron chi connectivity index (χ0n) is 13.8. The monoisotopic (exact) mass is 338 g/mol. The van der Waals surface area contributed by atoms with Gasteiger partial charge in [-0.1, -0.05) is 13.8 Å². The van der Waals surface area contributed by atoms with Gasteiger partial charge in [-0.15, -0.1) is 0 Å². The van der Waals surface area contributed by atoms with Gasteiger partial charge in [0.1, 0.15) is 5.82 Å². The second kappa shape index (κ2) is 6.84. The predicted molar refractivity (Wildman–Crippen MR) is 87.7 cm³/mol. The summed E-state index contributed by atoms with van der Waals surface area (Å²) in [5, 5.41) is 7.85. The molecular formula is C17H21F3N4. The summed E-state index contributed by atoms with van der Waals surface area (Å²) < 4.78 is 41.3. The lowest BCUT2D eigenvalue weighted by Crippen LogP contribution is -2.43. The number of alkyl halides is 2. The first-order valence-electron chi connectivity index (χ1n) is 8.10. The smallest absolute Gasteiger partial charge is 0.264 e. The number of halogens is 3. The van der Waals surface area contributed by atoms with Crippen molar-refractivity contribution in [3.63, 3.8) is 0 Å². The summed E-state index contributed by atoms with van der Waals surface area (Å²) in [6, 6.07) is 5.37. The van der Waals surface area contributed by atoms with Crippen LogP contribution >= 0.6 is 0 Å². The molecule has 4 nitrogen and oxygen atoms in total. The van der Waals surface area contributed by atoms with Crippen molar-refractivity contribution in [2.45, 2.75) is 26.2 Å². The molecule has 0 aliphatic carbocycles. The second-order valence-corrected chi connectivity index (χ2v) is 6.27. The number of nitrogens with one attached hydrogen (secondary N) is 1. The summed E-state index contributed by atoms with van der Waals surface area (Å²) in [5.41, 5.74) is 0.865. The number of benzene rings is 1. The van der Waals surface area contributed by atoms with E-state index in [9.17, 15) is 13.2 Å². The van der Waals surface area contributed by atoms with Crippen LogP contribution < -0.4 is 10.2 Å². The molecule has 0 bridgehead atoms. The third-order valence-electron chi connectivity index (χ3n) is 4.16. The van der Waals surface area contributed by atoms with Crippen molar-refractivity contribution in [3.05, 3.63) is 41.3 Å². The lowest BCUT2D eigenvalue weighted by atomic mass is 10.1. The molecule has 0 unspecified atom stereocenters. The summed E-state index contributed by atoms with van der Waals surface area (Å²) in [7, 11) is 0. The van der Waals surface area contributed by atoms with Crippen LogP contribution in [-0.4, -0.2) is 36.0 Å². The number of piperazine rings is 1. The fourth-order valence-electron chi connectivity index (χ4n) is 2.89. The van der Waals surface area contributed by atoms with Gasteiger partial charge in [0.15, 0.2) is 5.82 Å². The lowest BCUT2D eigenvalue weighted by Gasteiger charge is -2.27. The van der Waals surface area contributed by atoms with Gasteiger partial charge in [-0.3, -0.25) is 0 Å². The van der Waals surface area contributed by atoms with Gasteiger partial charge < -0.3 is 10.2 Å². The second-order valence-electron chi connectivity index (χ2n) is 6.27. The van der Waals surface area contributed by atoms with Gasteiger partial charge in [0.2, 0.25) is 0 Å². The summed E-state index contributed by atoms with van der Waals surface area (Å²) in [6.45, 7) is 7.42. The molecule has 1 fully saturated rings. The Kier molecular flexibility index (Phi) is 4.80. The van der Waals surface area contributed by atoms with Crippen LogP contribution in [0, 0.1) is 5.82 Å². The number of aromatic nitrogens is 2. The van der Waals surface area contributed by atoms with Crippen LogP contribution in [0.5, 0.6) is 0 Å². The maximum atomic E-state index is 13.8. The highest BCUT2D eigenvalue weighted by atomic mass is 19.3. The molecule has 0 radical (unpaired) electrons. The number of hydrogen-bond acceptors (Lipinski definition) is 3. The Hall–Kier alpha value is -2.02. The minimum absolute atomic E-state index is 0.132. The molecule has 24 heavy (non-hydrogen) atoms. The molecule has 7 heteroatoms. The van der Waals surface area contributed by atoms with E-state index in [1.807, 2.05) is 19.9 Å². The van der Waals surface area contributed by atoms with Gasteiger partial charge in [-0.05, 0) is 24.1 Å². The van der Waals surface area contributed by atoms with Crippen LogP contribution in [-0.2, 0) is 0 Å². The number of anilines is 1. The molecule has 130 valence electrons. The number of rotatable bonds is 4. The first-order valence-corrected chi connectivity index (χ1v) is 8.10. The van der Waals surface area contributed by atoms with Crippen LogP contribution in [0.1, 0.15) is 37.4 Å². The highest BCUT2D eigenvalue weighted by molar-refractivity contribution is 5.46. The molecule has 1 N–H and O–H groups in total. The van der Waals surface area contributed by atoms with Crippen LogP contribution in [0.25, 0.3) is 5.69 Å². The topological polar surface area (TPSA) is 33.1 Å². The Labute approximate surface area is 139 Å². The van der Waals surface area contributed by atoms with E-state index in [1.54, 1.807) is 4.68 Å². The molecule has 2 aromatic rings. The molecule has 1 saturated heterocycles. The summed E-state index contributed by atoms with van der Waals surface area (Å²) in [4.78, 5) is 2.15. The van der Waals surface area contributed by atoms with Crippen molar-refractivity contribution in [3.8, 4) is 5.69 Å². The van der Waals surface area contributed by atoms with E-state index in [4.69, 9.17) is 0 Å². The minimum atomic E-state index is -2.72. The van der Waals surface area contributed by atoms with Gasteiger partial charge >= 0.3 is 0 Å². The number of hydrogen-bond donors (Lipinski definition) is 1. The Morgan fingerprint density at radius 2 is 1.79 bits per heavy atom. The third kappa shape index (κ3) is 3.40. The Morgan fingerprint density at radius 1 is 1.08 bits per heavy atom. The zero-order chi connectivity index (χ0) is 17.3. The summed E-state index contributed by atoms with van der Waals surface area (Å²) >= 11 is 0. The van der Waals surface area contributed by atoms with Gasteiger partial charge in [0.25, 0.3) is 6.43 Å². The molecule has 0 atom stereocenters. The van der Waals surface area contributed by atoms with Gasteiger partial charge in [0, 0.05) is 43.5 Å².